The van der Waals surface area contributed by atoms with E-state index in [1.165, 1.54) is 0 Å². The van der Waals surface area contributed by atoms with Gasteiger partial charge < -0.3 is 19.3 Å². The topological polar surface area (TPSA) is 69.0 Å². The minimum absolute atomic E-state index is 0.0835. The number of nitrogens with zero attached hydrogens (tertiary/aromatic N) is 3. The highest BCUT2D eigenvalue weighted by atomic mass is 16.5. The van der Waals surface area contributed by atoms with Crippen LogP contribution >= 0.6 is 0 Å². The van der Waals surface area contributed by atoms with Crippen LogP contribution in [0.3, 0.4) is 0 Å². The van der Waals surface area contributed by atoms with Crippen molar-refractivity contribution >= 4 is 0 Å². The van der Waals surface area contributed by atoms with Crippen LogP contribution in [-0.2, 0) is 18.3 Å². The van der Waals surface area contributed by atoms with Crippen LogP contribution in [0.2, 0.25) is 0 Å². The van der Waals surface area contributed by atoms with Crippen molar-refractivity contribution in [3.05, 3.63) is 60.2 Å². The maximum absolute atomic E-state index is 10.6. The summed E-state index contributed by atoms with van der Waals surface area (Å²) >= 11 is 0. The van der Waals surface area contributed by atoms with Gasteiger partial charge in [0.05, 0.1) is 31.5 Å². The fraction of sp³-hybridized carbons (Fsp3) is 0.444. The number of hydrogen-bond donors (Lipinski definition) is 1. The molecule has 0 fully saturated rings. The van der Waals surface area contributed by atoms with Gasteiger partial charge in [-0.3, -0.25) is 4.90 Å². The summed E-state index contributed by atoms with van der Waals surface area (Å²) in [5.41, 5.74) is 2.87. The van der Waals surface area contributed by atoms with E-state index in [9.17, 15) is 5.11 Å². The second-order valence-electron chi connectivity index (χ2n) is 8.67. The molecule has 0 aliphatic rings. The van der Waals surface area contributed by atoms with E-state index < -0.39 is 6.10 Å². The highest BCUT2D eigenvalue weighted by molar-refractivity contribution is 5.65. The van der Waals surface area contributed by atoms with Crippen molar-refractivity contribution in [2.75, 3.05) is 26.8 Å². The average molecular weight is 468 g/mol. The fourth-order valence-electron chi connectivity index (χ4n) is 3.86. The summed E-state index contributed by atoms with van der Waals surface area (Å²) in [7, 11) is 3.53. The largest absolute Gasteiger partial charge is 0.497 e. The zero-order chi connectivity index (χ0) is 24.5. The van der Waals surface area contributed by atoms with Crippen molar-refractivity contribution in [2.24, 2.45) is 7.05 Å². The summed E-state index contributed by atoms with van der Waals surface area (Å²) in [5, 5.41) is 15.4. The third-order valence-electron chi connectivity index (χ3n) is 5.40. The monoisotopic (exact) mass is 467 g/mol. The van der Waals surface area contributed by atoms with Gasteiger partial charge in [-0.25, -0.2) is 4.68 Å². The predicted octanol–water partition coefficient (Wildman–Crippen LogP) is 4.89. The second-order valence-corrected chi connectivity index (χ2v) is 8.67. The number of methoxy groups -OCH3 is 1. The van der Waals surface area contributed by atoms with Crippen molar-refractivity contribution in [3.8, 4) is 28.6 Å². The Balaban J connectivity index is 1.94. The zero-order valence-corrected chi connectivity index (χ0v) is 20.9. The number of hydrogen-bond acceptors (Lipinski definition) is 6. The van der Waals surface area contributed by atoms with Gasteiger partial charge in [0.1, 0.15) is 17.2 Å². The first-order valence-corrected chi connectivity index (χ1v) is 11.9. The SMILES string of the molecule is CCCN(Cc1c(-c2ccccc2)nn(C)c1Oc1cccc(OC)c1)CC(O)COC(C)C. The van der Waals surface area contributed by atoms with Crippen LogP contribution in [0.25, 0.3) is 11.3 Å². The third-order valence-corrected chi connectivity index (χ3v) is 5.40. The number of ether oxygens (including phenoxy) is 3. The molecule has 184 valence electrons. The van der Waals surface area contributed by atoms with Crippen LogP contribution in [0.15, 0.2) is 54.6 Å². The molecule has 1 N–H and O–H groups in total. The van der Waals surface area contributed by atoms with Gasteiger partial charge in [-0.2, -0.15) is 5.10 Å². The lowest BCUT2D eigenvalue weighted by molar-refractivity contribution is -0.00953. The highest BCUT2D eigenvalue weighted by Crippen LogP contribution is 2.35. The molecule has 1 heterocycles. The second kappa shape index (κ2) is 12.6. The average Bonchev–Trinajstić information content (AvgIpc) is 3.13. The molecule has 0 bridgehead atoms. The molecule has 0 amide bonds. The normalized spacial score (nSPS) is 12.4. The van der Waals surface area contributed by atoms with E-state index in [2.05, 4.69) is 24.0 Å². The Morgan fingerprint density at radius 1 is 1.06 bits per heavy atom. The highest BCUT2D eigenvalue weighted by Gasteiger charge is 2.23. The standard InChI is InChI=1S/C27H37N3O4/c1-6-15-30(17-22(31)19-33-20(2)3)18-25-26(21-11-8-7-9-12-21)28-29(4)27(25)34-24-14-10-13-23(16-24)32-5/h7-14,16,20,22,31H,6,15,17-19H2,1-5H3. The lowest BCUT2D eigenvalue weighted by Gasteiger charge is -2.25. The number of aliphatic hydroxyl groups is 1. The number of benzene rings is 2. The Morgan fingerprint density at radius 3 is 2.47 bits per heavy atom. The van der Waals surface area contributed by atoms with E-state index in [0.29, 0.717) is 31.3 Å². The summed E-state index contributed by atoms with van der Waals surface area (Å²) in [6, 6.07) is 17.7. The van der Waals surface area contributed by atoms with E-state index in [0.717, 1.165) is 35.5 Å². The molecule has 0 aliphatic carbocycles. The first-order valence-electron chi connectivity index (χ1n) is 11.9. The predicted molar refractivity (Wildman–Crippen MR) is 134 cm³/mol. The Labute approximate surface area is 202 Å². The van der Waals surface area contributed by atoms with Gasteiger partial charge in [-0.05, 0) is 38.9 Å². The van der Waals surface area contributed by atoms with E-state index in [1.807, 2.05) is 63.4 Å². The summed E-state index contributed by atoms with van der Waals surface area (Å²) in [6.07, 6.45) is 0.471. The Bertz CT molecular complexity index is 1020. The lowest BCUT2D eigenvalue weighted by atomic mass is 10.1. The number of aryl methyl sites for hydroxylation is 1. The Hall–Kier alpha value is -2.87. The third kappa shape index (κ3) is 7.06. The van der Waals surface area contributed by atoms with Gasteiger partial charge >= 0.3 is 0 Å². The van der Waals surface area contributed by atoms with Gasteiger partial charge in [-0.1, -0.05) is 43.3 Å². The molecule has 1 aromatic heterocycles. The first kappa shape index (κ1) is 25.7. The molecule has 3 rings (SSSR count). The summed E-state index contributed by atoms with van der Waals surface area (Å²) in [4.78, 5) is 2.23. The smallest absolute Gasteiger partial charge is 0.222 e. The molecule has 0 spiro atoms. The number of aliphatic hydroxyl groups excluding tert-OH is 1. The Morgan fingerprint density at radius 2 is 1.79 bits per heavy atom. The van der Waals surface area contributed by atoms with E-state index in [1.54, 1.807) is 11.8 Å². The van der Waals surface area contributed by atoms with Crippen molar-refractivity contribution in [1.82, 2.24) is 14.7 Å². The van der Waals surface area contributed by atoms with Gasteiger partial charge in [0, 0.05) is 31.8 Å². The van der Waals surface area contributed by atoms with Crippen LogP contribution in [0.1, 0.15) is 32.8 Å². The van der Waals surface area contributed by atoms with E-state index in [-0.39, 0.29) is 6.10 Å². The van der Waals surface area contributed by atoms with Gasteiger partial charge in [0.15, 0.2) is 0 Å². The van der Waals surface area contributed by atoms with Crippen LogP contribution in [-0.4, -0.2) is 58.8 Å². The van der Waals surface area contributed by atoms with E-state index >= 15 is 0 Å². The van der Waals surface area contributed by atoms with Crippen molar-refractivity contribution < 1.29 is 19.3 Å². The summed E-state index contributed by atoms with van der Waals surface area (Å²) < 4.78 is 19.1. The quantitative estimate of drug-likeness (QED) is 0.386. The summed E-state index contributed by atoms with van der Waals surface area (Å²) in [6.45, 7) is 8.32. The van der Waals surface area contributed by atoms with Crippen LogP contribution in [0.4, 0.5) is 0 Å². The van der Waals surface area contributed by atoms with E-state index in [4.69, 9.17) is 19.3 Å². The maximum Gasteiger partial charge on any atom is 0.222 e. The maximum atomic E-state index is 10.6. The van der Waals surface area contributed by atoms with Gasteiger partial charge in [-0.15, -0.1) is 0 Å². The molecule has 0 aliphatic heterocycles. The fourth-order valence-corrected chi connectivity index (χ4v) is 3.86. The van der Waals surface area contributed by atoms with Crippen LogP contribution in [0, 0.1) is 0 Å². The number of aromatic nitrogens is 2. The summed E-state index contributed by atoms with van der Waals surface area (Å²) in [5.74, 6) is 2.07. The molecular formula is C27H37N3O4. The molecule has 7 nitrogen and oxygen atoms in total. The first-order chi connectivity index (χ1) is 16.4. The van der Waals surface area contributed by atoms with Crippen molar-refractivity contribution in [3.63, 3.8) is 0 Å². The molecule has 34 heavy (non-hydrogen) atoms. The molecule has 1 atom stereocenters. The molecule has 3 aromatic rings. The molecule has 0 radical (unpaired) electrons. The minimum Gasteiger partial charge on any atom is -0.497 e. The molecule has 2 aromatic carbocycles. The lowest BCUT2D eigenvalue weighted by Crippen LogP contribution is -2.35. The Kier molecular flexibility index (Phi) is 9.51. The molecule has 0 saturated heterocycles. The molecule has 0 saturated carbocycles. The van der Waals surface area contributed by atoms with Crippen molar-refractivity contribution in [1.29, 1.82) is 0 Å². The molecule has 7 heteroatoms. The van der Waals surface area contributed by atoms with Crippen LogP contribution in [0.5, 0.6) is 17.4 Å². The van der Waals surface area contributed by atoms with Gasteiger partial charge in [0.25, 0.3) is 0 Å². The van der Waals surface area contributed by atoms with Crippen LogP contribution < -0.4 is 9.47 Å². The zero-order valence-electron chi connectivity index (χ0n) is 20.9. The van der Waals surface area contributed by atoms with Gasteiger partial charge in [0.2, 0.25) is 5.88 Å². The molecule has 1 unspecified atom stereocenters. The van der Waals surface area contributed by atoms with Crippen molar-refractivity contribution in [2.45, 2.75) is 45.9 Å². The molecular weight excluding hydrogens is 430 g/mol. The minimum atomic E-state index is -0.575. The number of rotatable bonds is 13.